The van der Waals surface area contributed by atoms with E-state index in [0.717, 1.165) is 22.3 Å². The number of aliphatic hydroxyl groups is 8. The van der Waals surface area contributed by atoms with Crippen molar-refractivity contribution < 1.29 is 58.4 Å². The zero-order valence-electron chi connectivity index (χ0n) is 31.6. The molecule has 320 valence electrons. The minimum absolute atomic E-state index is 0.0516. The van der Waals surface area contributed by atoms with Crippen molar-refractivity contribution >= 4 is 32.5 Å². The normalized spacial score (nSPS) is 14.9. The maximum atomic E-state index is 12.2. The molecule has 6 rings (SSSR count). The molecule has 2 aromatic rings. The number of fused-ring (bicyclic) bond motifs is 4. The summed E-state index contributed by atoms with van der Waals surface area (Å²) in [7, 11) is -4.67. The van der Waals surface area contributed by atoms with Crippen LogP contribution in [-0.2, 0) is 23.5 Å². The largest absolute Gasteiger partial charge is 0.394 e. The van der Waals surface area contributed by atoms with Gasteiger partial charge < -0.3 is 50.0 Å². The van der Waals surface area contributed by atoms with E-state index in [0.29, 0.717) is 22.1 Å². The molecule has 0 saturated carbocycles. The van der Waals surface area contributed by atoms with Gasteiger partial charge in [0.1, 0.15) is 36.6 Å². The van der Waals surface area contributed by atoms with E-state index in [9.17, 15) is 49.8 Å². The third kappa shape index (κ3) is 11.0. The Morgan fingerprint density at radius 3 is 1.17 bits per heavy atom. The second kappa shape index (κ2) is 18.6. The Kier molecular flexibility index (Phi) is 14.6. The molecule has 0 spiro atoms. The predicted octanol–water partition coefficient (Wildman–Crippen LogP) is -4.10. The van der Waals surface area contributed by atoms with Crippen molar-refractivity contribution in [1.82, 2.24) is 39.0 Å². The van der Waals surface area contributed by atoms with Crippen LogP contribution in [0.4, 0.5) is 0 Å². The van der Waals surface area contributed by atoms with E-state index in [2.05, 4.69) is 29.9 Å². The summed E-state index contributed by atoms with van der Waals surface area (Å²) in [6.07, 6.45) is -9.36. The lowest BCUT2D eigenvalue weighted by molar-refractivity contribution is -0.0802. The van der Waals surface area contributed by atoms with Crippen molar-refractivity contribution in [3.05, 3.63) is 88.2 Å². The molecule has 0 saturated heterocycles. The molecule has 59 heavy (non-hydrogen) atoms. The number of aliphatic hydroxyl groups excluding tert-OH is 8. The lowest BCUT2D eigenvalue weighted by Gasteiger charge is -2.25. The lowest BCUT2D eigenvalue weighted by Crippen LogP contribution is -2.42. The van der Waals surface area contributed by atoms with Gasteiger partial charge in [0, 0.05) is 0 Å². The lowest BCUT2D eigenvalue weighted by atomic mass is 10.1. The minimum Gasteiger partial charge on any atom is -0.394 e. The Bertz CT molecular complexity index is 2570. The monoisotopic (exact) mass is 850 g/mol. The summed E-state index contributed by atoms with van der Waals surface area (Å²) in [6.45, 7) is 5.46. The first-order chi connectivity index (χ1) is 27.4. The van der Waals surface area contributed by atoms with Gasteiger partial charge in [0.05, 0.1) is 48.4 Å². The average Bonchev–Trinajstić information content (AvgIpc) is 3.15. The number of hydrogen-bond acceptors (Lipinski definition) is 18. The Morgan fingerprint density at radius 1 is 0.559 bits per heavy atom. The third-order valence-corrected chi connectivity index (χ3v) is 9.14. The molecule has 0 radical (unpaired) electrons. The van der Waals surface area contributed by atoms with Gasteiger partial charge in [-0.1, -0.05) is 0 Å². The molecule has 0 amide bonds. The highest BCUT2D eigenvalue weighted by Crippen LogP contribution is 2.26. The first-order valence-corrected chi connectivity index (χ1v) is 18.7. The fraction of sp³-hybridized carbons (Fsp3) is 0.412. The van der Waals surface area contributed by atoms with E-state index < -0.39 is 82.7 Å². The summed E-state index contributed by atoms with van der Waals surface area (Å²) in [6, 6.07) is 7.06. The van der Waals surface area contributed by atoms with Crippen molar-refractivity contribution in [2.45, 2.75) is 77.4 Å². The summed E-state index contributed by atoms with van der Waals surface area (Å²) in [4.78, 5) is 68.0. The molecule has 12 N–H and O–H groups in total. The van der Waals surface area contributed by atoms with E-state index >= 15 is 0 Å². The van der Waals surface area contributed by atoms with Crippen molar-refractivity contribution in [1.29, 1.82) is 0 Å². The van der Waals surface area contributed by atoms with Crippen LogP contribution in [0.5, 0.6) is 0 Å². The maximum Gasteiger partial charge on any atom is 0.394 e. The molecule has 2 aromatic carbocycles. The Morgan fingerprint density at radius 2 is 0.864 bits per heavy atom. The zero-order chi connectivity index (χ0) is 44.3. The molecule has 4 aliphatic heterocycles. The van der Waals surface area contributed by atoms with Crippen molar-refractivity contribution in [2.75, 3.05) is 13.2 Å². The van der Waals surface area contributed by atoms with Gasteiger partial charge >= 0.3 is 21.8 Å². The van der Waals surface area contributed by atoms with Crippen LogP contribution >= 0.6 is 0 Å². The van der Waals surface area contributed by atoms with E-state index in [4.69, 9.17) is 27.7 Å². The maximum absolute atomic E-state index is 12.2. The number of aryl methyl sites for hydroxylation is 4. The Labute approximate surface area is 331 Å². The molecular weight excluding hydrogens is 808 g/mol. The van der Waals surface area contributed by atoms with Crippen LogP contribution in [0.1, 0.15) is 22.3 Å². The predicted molar refractivity (Wildman–Crippen MR) is 205 cm³/mol. The van der Waals surface area contributed by atoms with E-state index in [1.807, 2.05) is 27.7 Å². The number of aromatic nitrogens is 8. The third-order valence-electron chi connectivity index (χ3n) is 9.14. The number of nitrogens with one attached hydrogen (secondary N) is 2. The molecule has 0 fully saturated rings. The van der Waals surface area contributed by atoms with Gasteiger partial charge in [0.15, 0.2) is 23.0 Å². The van der Waals surface area contributed by atoms with E-state index in [-0.39, 0.29) is 36.1 Å². The molecular formula is C34H42N8O16S. The van der Waals surface area contributed by atoms with Crippen molar-refractivity contribution in [3.8, 4) is 23.0 Å². The molecule has 0 unspecified atom stereocenters. The van der Waals surface area contributed by atoms with Gasteiger partial charge in [-0.2, -0.15) is 18.4 Å². The van der Waals surface area contributed by atoms with Crippen LogP contribution < -0.4 is 22.5 Å². The topological polar surface area (TPSA) is 398 Å². The fourth-order valence-corrected chi connectivity index (χ4v) is 5.79. The van der Waals surface area contributed by atoms with Gasteiger partial charge in [-0.25, -0.2) is 19.6 Å². The second-order valence-corrected chi connectivity index (χ2v) is 14.3. The summed E-state index contributed by atoms with van der Waals surface area (Å²) in [5.41, 5.74) is 2.23. The number of H-pyrrole nitrogens is 2. The summed E-state index contributed by atoms with van der Waals surface area (Å²) in [5.74, 6) is -0.103. The highest BCUT2D eigenvalue weighted by atomic mass is 32.3. The highest BCUT2D eigenvalue weighted by molar-refractivity contribution is 7.79. The molecule has 0 bridgehead atoms. The molecule has 0 aliphatic carbocycles. The number of aromatic amines is 2. The smallest absolute Gasteiger partial charge is 0.394 e. The van der Waals surface area contributed by atoms with Gasteiger partial charge in [-0.15, -0.1) is 0 Å². The van der Waals surface area contributed by atoms with Gasteiger partial charge in [-0.05, 0) is 74.2 Å². The number of benzene rings is 2. The zero-order valence-corrected chi connectivity index (χ0v) is 32.4. The summed E-state index contributed by atoms with van der Waals surface area (Å²) < 4.78 is 34.4. The number of nitrogens with zero attached hydrogens (tertiary/aromatic N) is 6. The van der Waals surface area contributed by atoms with Gasteiger partial charge in [0.2, 0.25) is 0 Å². The molecule has 24 nitrogen and oxygen atoms in total. The standard InChI is InChI=1S/2C17H20N4O6.H2O4S/c2*1-7-3-9-10(4-8(7)2)21(5-11(23)14(25)12(24)6-22)15-13(18-9)16(26)20-17(27)19-15;1-5(2,3)4/h2*3-4,11-12,14,22-25H,5-6H2,1-2H3,(H,20,26,27);(H2,1,2,3,4)/t2*11-,12+,14-;/m00./s1. The molecule has 6 atom stereocenters. The van der Waals surface area contributed by atoms with Gasteiger partial charge in [-0.3, -0.25) is 28.7 Å². The van der Waals surface area contributed by atoms with E-state index in [1.165, 1.54) is 9.13 Å². The second-order valence-electron chi connectivity index (χ2n) is 13.4. The quantitative estimate of drug-likeness (QED) is 0.0460. The SMILES string of the molecule is Cc1cc2nc3c(=O)[nH]c(=O)nc-3n(C[C@H](O)[C@H](O)[C@H](O)CO)c2cc1C.Cc1cc2nc3c(=O)[nH]c(=O)nc-3n(C[C@H](O)[C@H](O)[C@H](O)CO)c2cc1C.O=S(=O)(O)O. The molecule has 4 heterocycles. The van der Waals surface area contributed by atoms with Crippen molar-refractivity contribution in [3.63, 3.8) is 0 Å². The average molecular weight is 851 g/mol. The van der Waals surface area contributed by atoms with Crippen LogP contribution in [0.2, 0.25) is 0 Å². The number of rotatable bonds is 10. The summed E-state index contributed by atoms with van der Waals surface area (Å²) in [5, 5.41) is 77.6. The molecule has 25 heteroatoms. The first kappa shape index (κ1) is 46.2. The number of hydrogen-bond donors (Lipinski definition) is 12. The van der Waals surface area contributed by atoms with Crippen LogP contribution in [-0.4, -0.2) is 147 Å². The molecule has 0 aromatic heterocycles. The van der Waals surface area contributed by atoms with E-state index in [1.54, 1.807) is 24.3 Å². The van der Waals surface area contributed by atoms with Crippen LogP contribution in [0.15, 0.2) is 43.4 Å². The summed E-state index contributed by atoms with van der Waals surface area (Å²) >= 11 is 0. The minimum atomic E-state index is -4.67. The molecule has 4 aliphatic rings. The Hall–Kier alpha value is -5.45. The van der Waals surface area contributed by atoms with Crippen LogP contribution in [0.3, 0.4) is 0 Å². The van der Waals surface area contributed by atoms with Crippen molar-refractivity contribution in [2.24, 2.45) is 0 Å². The van der Waals surface area contributed by atoms with Crippen LogP contribution in [0.25, 0.3) is 45.1 Å². The Balaban J connectivity index is 0.000000234. The van der Waals surface area contributed by atoms with Gasteiger partial charge in [0.25, 0.3) is 11.1 Å². The van der Waals surface area contributed by atoms with Crippen LogP contribution in [0, 0.1) is 27.7 Å². The fourth-order valence-electron chi connectivity index (χ4n) is 5.79. The highest BCUT2D eigenvalue weighted by Gasteiger charge is 2.29. The first-order valence-electron chi connectivity index (χ1n) is 17.3.